The Morgan fingerprint density at radius 3 is 2.57 bits per heavy atom. The molecule has 14 heavy (non-hydrogen) atoms. The van der Waals surface area contributed by atoms with E-state index < -0.39 is 0 Å². The van der Waals surface area contributed by atoms with Crippen molar-refractivity contribution in [3.8, 4) is 0 Å². The molecule has 0 aliphatic carbocycles. The number of anilines is 1. The van der Waals surface area contributed by atoms with Gasteiger partial charge in [0.1, 0.15) is 6.26 Å². The molecule has 4 heteroatoms. The molecule has 0 amide bonds. The molecule has 2 rings (SSSR count). The fourth-order valence-electron chi connectivity index (χ4n) is 1.46. The van der Waals surface area contributed by atoms with E-state index in [2.05, 4.69) is 9.88 Å². The van der Waals surface area contributed by atoms with Gasteiger partial charge in [-0.1, -0.05) is 0 Å². The fraction of sp³-hybridized carbons (Fsp3) is 0.700. The highest BCUT2D eigenvalue weighted by Crippen LogP contribution is 2.16. The summed E-state index contributed by atoms with van der Waals surface area (Å²) in [6, 6.07) is 0.782. The average molecular weight is 198 g/mol. The van der Waals surface area contributed by atoms with Crippen molar-refractivity contribution >= 4 is 6.01 Å². The largest absolute Gasteiger partial charge is 0.432 e. The van der Waals surface area contributed by atoms with Crippen LogP contribution in [0.2, 0.25) is 0 Å². The van der Waals surface area contributed by atoms with Crippen molar-refractivity contribution in [1.29, 1.82) is 0 Å². The Bertz CT molecular complexity index is 218. The first-order chi connectivity index (χ1) is 6.88. The maximum Gasteiger partial charge on any atom is 0.297 e. The Kier molecular flexibility index (Phi) is 5.07. The molecule has 0 spiro atoms. The molecule has 1 aromatic rings. The van der Waals surface area contributed by atoms with Gasteiger partial charge in [-0.05, 0) is 26.2 Å². The Morgan fingerprint density at radius 2 is 2.07 bits per heavy atom. The van der Waals surface area contributed by atoms with Gasteiger partial charge in [0.15, 0.2) is 0 Å². The molecule has 0 radical (unpaired) electrons. The van der Waals surface area contributed by atoms with Gasteiger partial charge in [0, 0.05) is 19.7 Å². The lowest BCUT2D eigenvalue weighted by molar-refractivity contribution is 0.318. The first-order valence-corrected chi connectivity index (χ1v) is 5.13. The zero-order chi connectivity index (χ0) is 10.2. The number of aromatic nitrogens is 1. The van der Waals surface area contributed by atoms with E-state index in [0.717, 1.165) is 19.1 Å². The van der Waals surface area contributed by atoms with E-state index in [1.54, 1.807) is 19.4 Å². The Balaban J connectivity index is 0.000000293. The second-order valence-corrected chi connectivity index (χ2v) is 3.18. The third-order valence-electron chi connectivity index (χ3n) is 2.05. The first kappa shape index (κ1) is 11.0. The minimum atomic E-state index is 0.250. The third-order valence-corrected chi connectivity index (χ3v) is 2.05. The maximum absolute atomic E-state index is 7.57. The predicted molar refractivity (Wildman–Crippen MR) is 55.3 cm³/mol. The van der Waals surface area contributed by atoms with Gasteiger partial charge < -0.3 is 14.4 Å². The third kappa shape index (κ3) is 3.38. The summed E-state index contributed by atoms with van der Waals surface area (Å²) in [7, 11) is 0. The average Bonchev–Trinajstić information content (AvgIpc) is 2.73. The van der Waals surface area contributed by atoms with Crippen LogP contribution in [0.25, 0.3) is 0 Å². The van der Waals surface area contributed by atoms with Crippen LogP contribution in [-0.2, 0) is 0 Å². The van der Waals surface area contributed by atoms with Crippen LogP contribution in [0, 0.1) is 0 Å². The maximum atomic E-state index is 7.57. The van der Waals surface area contributed by atoms with E-state index in [1.807, 2.05) is 0 Å². The molecule has 80 valence electrons. The molecular weight excluding hydrogens is 180 g/mol. The molecular formula is C10H18N2O2. The summed E-state index contributed by atoms with van der Waals surface area (Å²) in [6.07, 6.45) is 7.20. The van der Waals surface area contributed by atoms with E-state index in [1.165, 1.54) is 19.3 Å². The summed E-state index contributed by atoms with van der Waals surface area (Å²) in [6.45, 7) is 4.13. The molecule has 1 N–H and O–H groups in total. The highest BCUT2D eigenvalue weighted by Gasteiger charge is 2.13. The Labute approximate surface area is 84.6 Å². The highest BCUT2D eigenvalue weighted by molar-refractivity contribution is 5.24. The fourth-order valence-corrected chi connectivity index (χ4v) is 1.46. The van der Waals surface area contributed by atoms with E-state index in [4.69, 9.17) is 9.52 Å². The van der Waals surface area contributed by atoms with E-state index in [9.17, 15) is 0 Å². The van der Waals surface area contributed by atoms with Gasteiger partial charge in [0.25, 0.3) is 6.01 Å². The van der Waals surface area contributed by atoms with Crippen LogP contribution in [-0.4, -0.2) is 29.8 Å². The van der Waals surface area contributed by atoms with Gasteiger partial charge >= 0.3 is 0 Å². The van der Waals surface area contributed by atoms with E-state index >= 15 is 0 Å². The second-order valence-electron chi connectivity index (χ2n) is 3.18. The van der Waals surface area contributed by atoms with E-state index in [0.29, 0.717) is 0 Å². The van der Waals surface area contributed by atoms with Crippen LogP contribution in [0.3, 0.4) is 0 Å². The number of nitrogens with zero attached hydrogens (tertiary/aromatic N) is 2. The zero-order valence-electron chi connectivity index (χ0n) is 8.65. The standard InChI is InChI=1S/C8H12N2O.C2H6O/c1-2-5-10(6-3-1)8-9-4-7-11-8;1-2-3/h4,7H,1-3,5-6H2;3H,2H2,1H3. The van der Waals surface area contributed by atoms with Crippen molar-refractivity contribution in [2.75, 3.05) is 24.6 Å². The molecule has 0 atom stereocenters. The number of oxazole rings is 1. The van der Waals surface area contributed by atoms with Crippen LogP contribution in [0.4, 0.5) is 6.01 Å². The van der Waals surface area contributed by atoms with Gasteiger partial charge in [-0.3, -0.25) is 0 Å². The number of piperidine rings is 1. The second kappa shape index (κ2) is 6.43. The van der Waals surface area contributed by atoms with Crippen molar-refractivity contribution in [2.45, 2.75) is 26.2 Å². The van der Waals surface area contributed by atoms with Crippen molar-refractivity contribution < 1.29 is 9.52 Å². The zero-order valence-corrected chi connectivity index (χ0v) is 8.65. The number of hydrogen-bond acceptors (Lipinski definition) is 4. The Hall–Kier alpha value is -1.03. The topological polar surface area (TPSA) is 49.5 Å². The summed E-state index contributed by atoms with van der Waals surface area (Å²) >= 11 is 0. The molecule has 4 nitrogen and oxygen atoms in total. The van der Waals surface area contributed by atoms with Gasteiger partial charge in [-0.25, -0.2) is 4.98 Å². The van der Waals surface area contributed by atoms with Crippen molar-refractivity contribution in [2.24, 2.45) is 0 Å². The van der Waals surface area contributed by atoms with Crippen LogP contribution >= 0.6 is 0 Å². The highest BCUT2D eigenvalue weighted by atomic mass is 16.4. The monoisotopic (exact) mass is 198 g/mol. The van der Waals surface area contributed by atoms with Crippen LogP contribution < -0.4 is 4.90 Å². The summed E-state index contributed by atoms with van der Waals surface area (Å²) in [4.78, 5) is 6.30. The van der Waals surface area contributed by atoms with Crippen molar-refractivity contribution in [3.05, 3.63) is 12.5 Å². The van der Waals surface area contributed by atoms with Gasteiger partial charge in [0.05, 0.1) is 6.20 Å². The van der Waals surface area contributed by atoms with Gasteiger partial charge in [-0.15, -0.1) is 0 Å². The summed E-state index contributed by atoms with van der Waals surface area (Å²) in [5.41, 5.74) is 0. The normalized spacial score (nSPS) is 16.0. The number of aliphatic hydroxyl groups excluding tert-OH is 1. The SMILES string of the molecule is CCO.c1coc(N2CCCCC2)n1. The predicted octanol–water partition coefficient (Wildman–Crippen LogP) is 1.66. The molecule has 1 saturated heterocycles. The lowest BCUT2D eigenvalue weighted by Crippen LogP contribution is -2.29. The summed E-state index contributed by atoms with van der Waals surface area (Å²) < 4.78 is 5.19. The van der Waals surface area contributed by atoms with Crippen LogP contribution in [0.1, 0.15) is 26.2 Å². The van der Waals surface area contributed by atoms with Gasteiger partial charge in [-0.2, -0.15) is 0 Å². The van der Waals surface area contributed by atoms with Crippen molar-refractivity contribution in [1.82, 2.24) is 4.98 Å². The summed E-state index contributed by atoms with van der Waals surface area (Å²) in [5.74, 6) is 0. The lowest BCUT2D eigenvalue weighted by Gasteiger charge is -2.24. The molecule has 1 aliphatic rings. The van der Waals surface area contributed by atoms with E-state index in [-0.39, 0.29) is 6.61 Å². The molecule has 0 unspecified atom stereocenters. The number of hydrogen-bond donors (Lipinski definition) is 1. The minimum absolute atomic E-state index is 0.250. The van der Waals surface area contributed by atoms with Crippen LogP contribution in [0.5, 0.6) is 0 Å². The lowest BCUT2D eigenvalue weighted by atomic mass is 10.1. The molecule has 0 bridgehead atoms. The quantitative estimate of drug-likeness (QED) is 0.745. The number of aliphatic hydroxyl groups is 1. The summed E-state index contributed by atoms with van der Waals surface area (Å²) in [5, 5.41) is 7.57. The minimum Gasteiger partial charge on any atom is -0.432 e. The number of rotatable bonds is 1. The van der Waals surface area contributed by atoms with Crippen molar-refractivity contribution in [3.63, 3.8) is 0 Å². The molecule has 1 aliphatic heterocycles. The molecule has 1 fully saturated rings. The molecule has 2 heterocycles. The molecule has 1 aromatic heterocycles. The molecule has 0 saturated carbocycles. The molecule has 0 aromatic carbocycles. The smallest absolute Gasteiger partial charge is 0.297 e. The Morgan fingerprint density at radius 1 is 1.43 bits per heavy atom. The van der Waals surface area contributed by atoms with Gasteiger partial charge in [0.2, 0.25) is 0 Å². The first-order valence-electron chi connectivity index (χ1n) is 5.13. The van der Waals surface area contributed by atoms with Crippen LogP contribution in [0.15, 0.2) is 16.9 Å².